The van der Waals surface area contributed by atoms with Gasteiger partial charge in [0.15, 0.2) is 4.90 Å². The number of hydrogen-bond donors (Lipinski definition) is 3. The zero-order valence-electron chi connectivity index (χ0n) is 20.5. The summed E-state index contributed by atoms with van der Waals surface area (Å²) in [5.41, 5.74) is 0. The number of nitrogens with one attached hydrogen (secondary N) is 1. The highest BCUT2D eigenvalue weighted by Gasteiger charge is 2.16. The molecule has 0 fully saturated rings. The second kappa shape index (κ2) is 17.7. The summed E-state index contributed by atoms with van der Waals surface area (Å²) in [6, 6.07) is 7.24. The number of nitrogens with zero attached hydrogens (tertiary/aromatic N) is 2. The van der Waals surface area contributed by atoms with Crippen LogP contribution in [-0.4, -0.2) is 94.2 Å². The number of carbonyl (C=O) groups is 3. The van der Waals surface area contributed by atoms with E-state index in [-0.39, 0.29) is 12.1 Å². The summed E-state index contributed by atoms with van der Waals surface area (Å²) >= 11 is -0.991. The van der Waals surface area contributed by atoms with E-state index in [4.69, 9.17) is 14.9 Å². The van der Waals surface area contributed by atoms with Crippen molar-refractivity contribution in [2.45, 2.75) is 38.6 Å². The molecule has 0 saturated carbocycles. The monoisotopic (exact) mass is 499 g/mol. The van der Waals surface area contributed by atoms with Gasteiger partial charge in [0.1, 0.15) is 18.6 Å². The summed E-state index contributed by atoms with van der Waals surface area (Å²) in [5, 5.41) is 18.6. The SMILES string of the molecule is CCN(CC)CCNC(=O)N(CCOc1ccc([S+](C)[O-])cc1)C(C)C.O=C(O)C=CC(=O)O. The van der Waals surface area contributed by atoms with Crippen molar-refractivity contribution < 1.29 is 33.9 Å². The molecule has 2 amide bonds. The lowest BCUT2D eigenvalue weighted by molar-refractivity contribution is -0.134. The summed E-state index contributed by atoms with van der Waals surface area (Å²) in [6.45, 7) is 12.6. The Morgan fingerprint density at radius 1 is 1.06 bits per heavy atom. The standard InChI is InChI=1S/C19H33N3O3S.C4H4O4/c1-6-21(7-2)13-12-20-19(23)22(16(3)4)14-15-25-17-8-10-18(11-9-17)26(5)24;5-3(6)1-2-4(7)8/h8-11,16H,6-7,12-15H2,1-5H3,(H,20,23);1-2H,(H,5,6)(H,7,8). The lowest BCUT2D eigenvalue weighted by atomic mass is 10.3. The van der Waals surface area contributed by atoms with Gasteiger partial charge in [0.05, 0.1) is 6.54 Å². The average molecular weight is 500 g/mol. The van der Waals surface area contributed by atoms with Crippen LogP contribution in [0.2, 0.25) is 0 Å². The fraction of sp³-hybridized carbons (Fsp3) is 0.522. The van der Waals surface area contributed by atoms with Gasteiger partial charge >= 0.3 is 18.0 Å². The number of rotatable bonds is 13. The molecule has 1 unspecified atom stereocenters. The van der Waals surface area contributed by atoms with Crippen LogP contribution in [0.1, 0.15) is 27.7 Å². The zero-order chi connectivity index (χ0) is 26.1. The summed E-state index contributed by atoms with van der Waals surface area (Å²) in [6.07, 6.45) is 2.76. The quantitative estimate of drug-likeness (QED) is 0.277. The third kappa shape index (κ3) is 14.4. The van der Waals surface area contributed by atoms with E-state index in [1.54, 1.807) is 35.4 Å². The second-order valence-corrected chi connectivity index (χ2v) is 8.71. The minimum Gasteiger partial charge on any atom is -0.612 e. The number of ether oxygens (including phenoxy) is 1. The van der Waals surface area contributed by atoms with Gasteiger partial charge in [-0.15, -0.1) is 0 Å². The Bertz CT molecular complexity index is 750. The van der Waals surface area contributed by atoms with E-state index < -0.39 is 23.1 Å². The molecule has 0 heterocycles. The maximum Gasteiger partial charge on any atom is 0.328 e. The Labute approximate surface area is 204 Å². The molecular formula is C23H37N3O7S. The van der Waals surface area contributed by atoms with Crippen molar-refractivity contribution in [3.63, 3.8) is 0 Å². The number of amides is 2. The fourth-order valence-electron chi connectivity index (χ4n) is 2.69. The van der Waals surface area contributed by atoms with Crippen LogP contribution in [0.3, 0.4) is 0 Å². The molecule has 0 saturated heterocycles. The summed E-state index contributed by atoms with van der Waals surface area (Å²) < 4.78 is 17.1. The van der Waals surface area contributed by atoms with Crippen LogP contribution in [0, 0.1) is 0 Å². The van der Waals surface area contributed by atoms with Gasteiger partial charge in [-0.2, -0.15) is 0 Å². The topological polar surface area (TPSA) is 142 Å². The van der Waals surface area contributed by atoms with Crippen LogP contribution in [0.4, 0.5) is 4.79 Å². The Morgan fingerprint density at radius 2 is 1.59 bits per heavy atom. The van der Waals surface area contributed by atoms with Gasteiger partial charge in [-0.05, 0) is 62.4 Å². The number of carbonyl (C=O) groups excluding carboxylic acids is 1. The smallest absolute Gasteiger partial charge is 0.328 e. The number of hydrogen-bond acceptors (Lipinski definition) is 6. The summed E-state index contributed by atoms with van der Waals surface area (Å²) in [4.78, 5) is 36.3. The molecule has 0 aromatic heterocycles. The maximum absolute atomic E-state index is 12.4. The third-order valence-corrected chi connectivity index (χ3v) is 5.54. The van der Waals surface area contributed by atoms with E-state index in [1.807, 2.05) is 13.8 Å². The zero-order valence-corrected chi connectivity index (χ0v) is 21.3. The Morgan fingerprint density at radius 3 is 2.00 bits per heavy atom. The number of benzene rings is 1. The number of urea groups is 1. The molecule has 34 heavy (non-hydrogen) atoms. The average Bonchev–Trinajstić information content (AvgIpc) is 2.78. The molecule has 3 N–H and O–H groups in total. The summed E-state index contributed by atoms with van der Waals surface area (Å²) in [7, 11) is 0. The first-order chi connectivity index (χ1) is 16.0. The number of carboxylic acids is 2. The molecule has 0 aliphatic rings. The molecule has 0 aliphatic heterocycles. The van der Waals surface area contributed by atoms with Crippen LogP contribution in [0.15, 0.2) is 41.3 Å². The Kier molecular flexibility index (Phi) is 16.2. The van der Waals surface area contributed by atoms with Crippen LogP contribution < -0.4 is 10.1 Å². The molecule has 10 nitrogen and oxygen atoms in total. The first kappa shape index (κ1) is 31.2. The van der Waals surface area contributed by atoms with Gasteiger partial charge in [0.25, 0.3) is 0 Å². The Balaban J connectivity index is 0.00000116. The van der Waals surface area contributed by atoms with Crippen molar-refractivity contribution in [1.82, 2.24) is 15.1 Å². The minimum atomic E-state index is -1.26. The second-order valence-electron chi connectivity index (χ2n) is 7.33. The summed E-state index contributed by atoms with van der Waals surface area (Å²) in [5.74, 6) is -1.80. The molecule has 1 rings (SSSR count). The van der Waals surface area contributed by atoms with Gasteiger partial charge in [0.2, 0.25) is 0 Å². The van der Waals surface area contributed by atoms with Crippen molar-refractivity contribution in [2.75, 3.05) is 45.6 Å². The van der Waals surface area contributed by atoms with Crippen molar-refractivity contribution in [2.24, 2.45) is 0 Å². The lowest BCUT2D eigenvalue weighted by Crippen LogP contribution is -2.47. The highest BCUT2D eigenvalue weighted by atomic mass is 32.2. The first-order valence-electron chi connectivity index (χ1n) is 11.0. The Hall–Kier alpha value is -2.76. The largest absolute Gasteiger partial charge is 0.612 e. The van der Waals surface area contributed by atoms with Crippen LogP contribution in [-0.2, 0) is 20.8 Å². The van der Waals surface area contributed by atoms with Gasteiger partial charge in [-0.1, -0.05) is 13.8 Å². The number of carboxylic acid groups (broad SMARTS) is 2. The molecule has 1 aromatic rings. The van der Waals surface area contributed by atoms with Gasteiger partial charge in [0, 0.05) is 31.3 Å². The molecule has 0 radical (unpaired) electrons. The molecule has 0 aliphatic carbocycles. The number of aliphatic carboxylic acids is 2. The van der Waals surface area contributed by atoms with Crippen molar-refractivity contribution in [1.29, 1.82) is 0 Å². The first-order valence-corrected chi connectivity index (χ1v) is 12.5. The van der Waals surface area contributed by atoms with E-state index in [0.717, 1.165) is 24.5 Å². The van der Waals surface area contributed by atoms with E-state index >= 15 is 0 Å². The lowest BCUT2D eigenvalue weighted by Gasteiger charge is -2.27. The molecule has 0 spiro atoms. The van der Waals surface area contributed by atoms with Crippen LogP contribution >= 0.6 is 0 Å². The highest BCUT2D eigenvalue weighted by Crippen LogP contribution is 2.15. The predicted octanol–water partition coefficient (Wildman–Crippen LogP) is 2.28. The van der Waals surface area contributed by atoms with Gasteiger partial charge < -0.3 is 34.6 Å². The van der Waals surface area contributed by atoms with Crippen LogP contribution in [0.25, 0.3) is 0 Å². The third-order valence-electron chi connectivity index (χ3n) is 4.61. The van der Waals surface area contributed by atoms with Crippen molar-refractivity contribution >= 4 is 29.1 Å². The highest BCUT2D eigenvalue weighted by molar-refractivity contribution is 7.90. The molecule has 1 aromatic carbocycles. The van der Waals surface area contributed by atoms with E-state index in [1.165, 1.54) is 0 Å². The van der Waals surface area contributed by atoms with Crippen molar-refractivity contribution in [3.8, 4) is 5.75 Å². The van der Waals surface area contributed by atoms with E-state index in [2.05, 4.69) is 24.1 Å². The van der Waals surface area contributed by atoms with Gasteiger partial charge in [-0.3, -0.25) is 0 Å². The number of likely N-dealkylation sites (N-methyl/N-ethyl adjacent to an activating group) is 1. The molecule has 11 heteroatoms. The molecular weight excluding hydrogens is 462 g/mol. The molecule has 0 bridgehead atoms. The normalized spacial score (nSPS) is 11.6. The van der Waals surface area contributed by atoms with E-state index in [0.29, 0.717) is 37.6 Å². The molecule has 1 atom stereocenters. The van der Waals surface area contributed by atoms with Gasteiger partial charge in [-0.25, -0.2) is 14.4 Å². The van der Waals surface area contributed by atoms with Crippen molar-refractivity contribution in [3.05, 3.63) is 36.4 Å². The fourth-order valence-corrected chi connectivity index (χ4v) is 3.21. The van der Waals surface area contributed by atoms with E-state index in [9.17, 15) is 18.9 Å². The minimum absolute atomic E-state index is 0.0625. The predicted molar refractivity (Wildman–Crippen MR) is 132 cm³/mol. The molecule has 192 valence electrons. The maximum atomic E-state index is 12.4. The van der Waals surface area contributed by atoms with Crippen LogP contribution in [0.5, 0.6) is 5.75 Å².